The molecule has 0 aliphatic heterocycles. The molecule has 3 N–H and O–H groups in total. The number of rotatable bonds is 1. The third-order valence-corrected chi connectivity index (χ3v) is 3.28. The normalized spacial score (nSPS) is 12.8. The van der Waals surface area contributed by atoms with Gasteiger partial charge in [0.1, 0.15) is 0 Å². The first kappa shape index (κ1) is 12.1. The van der Waals surface area contributed by atoms with Gasteiger partial charge in [0.05, 0.1) is 5.56 Å². The summed E-state index contributed by atoms with van der Waals surface area (Å²) in [5.74, 6) is -2.13. The molecule has 5 heteroatoms. The molecule has 0 saturated heterocycles. The van der Waals surface area contributed by atoms with E-state index >= 15 is 0 Å². The van der Waals surface area contributed by atoms with E-state index in [4.69, 9.17) is 5.73 Å². The zero-order chi connectivity index (χ0) is 14.4. The van der Waals surface area contributed by atoms with Crippen molar-refractivity contribution in [2.45, 2.75) is 0 Å². The molecule has 5 nitrogen and oxygen atoms in total. The molecule has 0 spiro atoms. The summed E-state index contributed by atoms with van der Waals surface area (Å²) in [5.41, 5.74) is 5.97. The van der Waals surface area contributed by atoms with Crippen LogP contribution in [0.15, 0.2) is 36.4 Å². The number of nitrogen functional groups attached to an aromatic ring is 1. The highest BCUT2D eigenvalue weighted by molar-refractivity contribution is 6.30. The Labute approximate surface area is 113 Å². The van der Waals surface area contributed by atoms with Crippen LogP contribution >= 0.6 is 0 Å². The van der Waals surface area contributed by atoms with E-state index in [9.17, 15) is 19.5 Å². The van der Waals surface area contributed by atoms with Crippen LogP contribution in [0, 0.1) is 0 Å². The van der Waals surface area contributed by atoms with Gasteiger partial charge in [-0.05, 0) is 12.1 Å². The number of carbonyl (C=O) groups is 3. The zero-order valence-electron chi connectivity index (χ0n) is 10.2. The Morgan fingerprint density at radius 3 is 2.15 bits per heavy atom. The minimum atomic E-state index is -1.28. The van der Waals surface area contributed by atoms with Gasteiger partial charge in [0.2, 0.25) is 0 Å². The molecule has 1 aliphatic carbocycles. The molecule has 0 saturated carbocycles. The van der Waals surface area contributed by atoms with Crippen LogP contribution in [0.3, 0.4) is 0 Å². The number of hydrogen-bond acceptors (Lipinski definition) is 4. The molecule has 0 radical (unpaired) electrons. The van der Waals surface area contributed by atoms with Crippen molar-refractivity contribution in [3.8, 4) is 0 Å². The van der Waals surface area contributed by atoms with Gasteiger partial charge >= 0.3 is 5.97 Å². The summed E-state index contributed by atoms with van der Waals surface area (Å²) in [7, 11) is 0. The number of carbonyl (C=O) groups excluding carboxylic acids is 2. The van der Waals surface area contributed by atoms with Gasteiger partial charge in [0.15, 0.2) is 11.6 Å². The van der Waals surface area contributed by atoms with Crippen molar-refractivity contribution < 1.29 is 19.5 Å². The Hall–Kier alpha value is -2.95. The lowest BCUT2D eigenvalue weighted by molar-refractivity contribution is 0.0692. The third kappa shape index (κ3) is 1.53. The molecule has 1 aliphatic rings. The number of carboxylic acid groups (broad SMARTS) is 1. The van der Waals surface area contributed by atoms with E-state index in [0.717, 1.165) is 0 Å². The zero-order valence-corrected chi connectivity index (χ0v) is 10.2. The number of nitrogens with two attached hydrogens (primary N) is 1. The molecule has 2 aromatic rings. The molecule has 98 valence electrons. The van der Waals surface area contributed by atoms with Gasteiger partial charge in [-0.15, -0.1) is 0 Å². The van der Waals surface area contributed by atoms with Crippen LogP contribution in [-0.2, 0) is 0 Å². The van der Waals surface area contributed by atoms with Crippen molar-refractivity contribution in [2.24, 2.45) is 0 Å². The maximum Gasteiger partial charge on any atom is 0.336 e. The Morgan fingerprint density at radius 1 is 0.950 bits per heavy atom. The second kappa shape index (κ2) is 4.03. The van der Waals surface area contributed by atoms with Crippen molar-refractivity contribution in [3.05, 3.63) is 64.2 Å². The fourth-order valence-electron chi connectivity index (χ4n) is 2.42. The fraction of sp³-hybridized carbons (Fsp3) is 0. The lowest BCUT2D eigenvalue weighted by atomic mass is 9.81. The highest BCUT2D eigenvalue weighted by Crippen LogP contribution is 2.31. The Balaban J connectivity index is 2.39. The molecule has 20 heavy (non-hydrogen) atoms. The molecule has 0 unspecified atom stereocenters. The monoisotopic (exact) mass is 267 g/mol. The van der Waals surface area contributed by atoms with E-state index in [2.05, 4.69) is 0 Å². The van der Waals surface area contributed by atoms with Crippen LogP contribution in [0.1, 0.15) is 42.2 Å². The second-order valence-electron chi connectivity index (χ2n) is 4.50. The molecule has 0 bridgehead atoms. The minimum Gasteiger partial charge on any atom is -0.478 e. The van der Waals surface area contributed by atoms with Gasteiger partial charge in [-0.2, -0.15) is 0 Å². The first-order valence-corrected chi connectivity index (χ1v) is 5.86. The van der Waals surface area contributed by atoms with E-state index in [0.29, 0.717) is 0 Å². The maximum absolute atomic E-state index is 12.4. The molecule has 0 aromatic heterocycles. The number of anilines is 1. The van der Waals surface area contributed by atoms with E-state index < -0.39 is 11.8 Å². The molecule has 2 aromatic carbocycles. The number of benzene rings is 2. The summed E-state index contributed by atoms with van der Waals surface area (Å²) in [6.07, 6.45) is 0. The predicted octanol–water partition coefficient (Wildman–Crippen LogP) is 1.74. The maximum atomic E-state index is 12.4. The summed E-state index contributed by atoms with van der Waals surface area (Å²) >= 11 is 0. The molecular formula is C15H9NO4. The fourth-order valence-corrected chi connectivity index (χ4v) is 2.42. The lowest BCUT2D eigenvalue weighted by Gasteiger charge is -2.19. The number of aromatic carboxylic acids is 1. The quantitative estimate of drug-likeness (QED) is 0.654. The second-order valence-corrected chi connectivity index (χ2v) is 4.50. The standard InChI is InChI=1S/C15H9NO4/c16-7-5-10-12(11(6-7)15(19)20)14(18)9-4-2-1-3-8(9)13(10)17/h1-6H,16H2,(H,19,20). The first-order valence-electron chi connectivity index (χ1n) is 5.86. The van der Waals surface area contributed by atoms with Gasteiger partial charge in [-0.1, -0.05) is 24.3 Å². The minimum absolute atomic E-state index is 0.0473. The van der Waals surface area contributed by atoms with E-state index in [1.54, 1.807) is 18.2 Å². The molecule has 0 amide bonds. The van der Waals surface area contributed by atoms with Crippen molar-refractivity contribution >= 4 is 23.2 Å². The van der Waals surface area contributed by atoms with E-state index in [1.165, 1.54) is 18.2 Å². The van der Waals surface area contributed by atoms with Crippen molar-refractivity contribution in [3.63, 3.8) is 0 Å². The van der Waals surface area contributed by atoms with Gasteiger partial charge in [0, 0.05) is 27.9 Å². The summed E-state index contributed by atoms with van der Waals surface area (Å²) in [5, 5.41) is 9.20. The summed E-state index contributed by atoms with van der Waals surface area (Å²) < 4.78 is 0. The Kier molecular flexibility index (Phi) is 2.44. The van der Waals surface area contributed by atoms with Crippen molar-refractivity contribution in [2.75, 3.05) is 5.73 Å². The largest absolute Gasteiger partial charge is 0.478 e. The smallest absolute Gasteiger partial charge is 0.336 e. The highest BCUT2D eigenvalue weighted by Gasteiger charge is 2.33. The van der Waals surface area contributed by atoms with Gasteiger partial charge in [-0.25, -0.2) is 4.79 Å². The average Bonchev–Trinajstić information content (AvgIpc) is 2.43. The molecular weight excluding hydrogens is 258 g/mol. The summed E-state index contributed by atoms with van der Waals surface area (Å²) in [6, 6.07) is 8.88. The van der Waals surface area contributed by atoms with E-state index in [1.807, 2.05) is 0 Å². The van der Waals surface area contributed by atoms with Crippen LogP contribution in [0.4, 0.5) is 5.69 Å². The SMILES string of the molecule is Nc1cc(C(=O)O)c2c(c1)C(=O)c1ccccc1C2=O. The lowest BCUT2D eigenvalue weighted by Crippen LogP contribution is -2.24. The van der Waals surface area contributed by atoms with Gasteiger partial charge in [0.25, 0.3) is 0 Å². The highest BCUT2D eigenvalue weighted by atomic mass is 16.4. The topological polar surface area (TPSA) is 97.5 Å². The molecule has 3 rings (SSSR count). The Morgan fingerprint density at radius 2 is 1.55 bits per heavy atom. The number of fused-ring (bicyclic) bond motifs is 2. The molecule has 0 fully saturated rings. The van der Waals surface area contributed by atoms with Gasteiger partial charge in [-0.3, -0.25) is 9.59 Å². The molecule has 0 atom stereocenters. The number of hydrogen-bond donors (Lipinski definition) is 2. The van der Waals surface area contributed by atoms with Crippen LogP contribution in [-0.4, -0.2) is 22.6 Å². The van der Waals surface area contributed by atoms with Gasteiger partial charge < -0.3 is 10.8 Å². The molecule has 0 heterocycles. The average molecular weight is 267 g/mol. The first-order chi connectivity index (χ1) is 9.50. The van der Waals surface area contributed by atoms with Crippen LogP contribution < -0.4 is 5.73 Å². The van der Waals surface area contributed by atoms with Crippen molar-refractivity contribution in [1.82, 2.24) is 0 Å². The Bertz CT molecular complexity index is 792. The van der Waals surface area contributed by atoms with Crippen LogP contribution in [0.5, 0.6) is 0 Å². The predicted molar refractivity (Wildman–Crippen MR) is 71.1 cm³/mol. The van der Waals surface area contributed by atoms with Crippen LogP contribution in [0.25, 0.3) is 0 Å². The third-order valence-electron chi connectivity index (χ3n) is 3.28. The summed E-state index contributed by atoms with van der Waals surface area (Å²) in [6.45, 7) is 0. The van der Waals surface area contributed by atoms with E-state index in [-0.39, 0.29) is 39.3 Å². The number of ketones is 2. The summed E-state index contributed by atoms with van der Waals surface area (Å²) in [4.78, 5) is 36.1. The van der Waals surface area contributed by atoms with Crippen molar-refractivity contribution in [1.29, 1.82) is 0 Å². The van der Waals surface area contributed by atoms with Crippen LogP contribution in [0.2, 0.25) is 0 Å². The number of carboxylic acids is 1.